The number of hydrogen-bond donors (Lipinski definition) is 0. The minimum atomic E-state index is -3.69. The van der Waals surface area contributed by atoms with Crippen molar-refractivity contribution in [1.82, 2.24) is 4.98 Å². The van der Waals surface area contributed by atoms with Crippen LogP contribution >= 0.6 is 27.5 Å². The zero-order valence-electron chi connectivity index (χ0n) is 5.60. The molecule has 0 N–H and O–H groups in total. The van der Waals surface area contributed by atoms with Crippen LogP contribution in [0.5, 0.6) is 5.75 Å². The highest BCUT2D eigenvalue weighted by Crippen LogP contribution is 2.24. The molecule has 0 aromatic carbocycles. The van der Waals surface area contributed by atoms with Gasteiger partial charge >= 0.3 is 5.57 Å². The lowest BCUT2D eigenvalue weighted by atomic mass is 10.5. The van der Waals surface area contributed by atoms with E-state index in [1.165, 1.54) is 12.1 Å². The third-order valence-electron chi connectivity index (χ3n) is 0.934. The largest absolute Gasteiger partial charge is 0.487 e. The van der Waals surface area contributed by atoms with Gasteiger partial charge in [0.1, 0.15) is 10.4 Å². The van der Waals surface area contributed by atoms with Gasteiger partial charge in [-0.2, -0.15) is 0 Å². The molecule has 66 valence electrons. The Morgan fingerprint density at radius 3 is 2.58 bits per heavy atom. The van der Waals surface area contributed by atoms with Crippen LogP contribution in [0.15, 0.2) is 22.9 Å². The van der Waals surface area contributed by atoms with E-state index in [1.54, 1.807) is 0 Å². The Morgan fingerprint density at radius 1 is 1.50 bits per heavy atom. The summed E-state index contributed by atoms with van der Waals surface area (Å²) < 4.78 is 28.6. The second-order valence-corrected chi connectivity index (χ2v) is 3.12. The summed E-state index contributed by atoms with van der Waals surface area (Å²) in [6, 6.07) is 2.80. The molecule has 0 saturated carbocycles. The van der Waals surface area contributed by atoms with Crippen molar-refractivity contribution >= 4 is 27.5 Å². The van der Waals surface area contributed by atoms with Crippen LogP contribution in [0.3, 0.4) is 0 Å². The van der Waals surface area contributed by atoms with Gasteiger partial charge in [0.15, 0.2) is 0 Å². The van der Waals surface area contributed by atoms with Crippen LogP contribution in [0.1, 0.15) is 0 Å². The minimum absolute atomic E-state index is 0.0850. The topological polar surface area (TPSA) is 22.1 Å². The molecule has 1 aromatic rings. The molecule has 6 heteroatoms. The summed E-state index contributed by atoms with van der Waals surface area (Å²) in [6.07, 6.45) is 1.14. The number of nitrogens with zero attached hydrogens (tertiary/aromatic N) is 1. The average molecular weight is 258 g/mol. The molecule has 12 heavy (non-hydrogen) atoms. The van der Waals surface area contributed by atoms with Crippen molar-refractivity contribution in [3.8, 4) is 5.75 Å². The molecular weight excluding hydrogens is 255 g/mol. The number of hydrogen-bond acceptors (Lipinski definition) is 2. The van der Waals surface area contributed by atoms with Crippen molar-refractivity contribution in [2.75, 3.05) is 0 Å². The fourth-order valence-electron chi connectivity index (χ4n) is 0.556. The maximum Gasteiger partial charge on any atom is 0.487 e. The summed E-state index contributed by atoms with van der Waals surface area (Å²) in [6.45, 7) is 0. The smallest absolute Gasteiger partial charge is 0.418 e. The fourth-order valence-corrected chi connectivity index (χ4v) is 0.880. The molecule has 2 nitrogen and oxygen atoms in total. The van der Waals surface area contributed by atoms with E-state index in [0.717, 1.165) is 6.20 Å². The molecule has 0 aliphatic rings. The Bertz CT molecular complexity index is 261. The Hall–Kier alpha value is -0.420. The Labute approximate surface area is 80.6 Å². The van der Waals surface area contributed by atoms with Gasteiger partial charge in [-0.15, -0.1) is 8.78 Å². The highest BCUT2D eigenvalue weighted by molar-refractivity contribution is 9.10. The molecule has 0 bridgehead atoms. The van der Waals surface area contributed by atoms with E-state index in [-0.39, 0.29) is 5.75 Å². The zero-order chi connectivity index (χ0) is 9.19. The maximum atomic E-state index is 12.0. The lowest BCUT2D eigenvalue weighted by molar-refractivity contribution is -0.0966. The maximum absolute atomic E-state index is 12.0. The van der Waals surface area contributed by atoms with Gasteiger partial charge in [-0.05, 0) is 28.1 Å². The molecule has 1 aromatic heterocycles. The molecule has 0 spiro atoms. The zero-order valence-corrected chi connectivity index (χ0v) is 7.94. The van der Waals surface area contributed by atoms with Crippen LogP contribution in [0, 0.1) is 0 Å². The lowest BCUT2D eigenvalue weighted by Crippen LogP contribution is -2.15. The Morgan fingerprint density at radius 2 is 2.17 bits per heavy atom. The second-order valence-electron chi connectivity index (χ2n) is 1.86. The van der Waals surface area contributed by atoms with Gasteiger partial charge in [0.25, 0.3) is 0 Å². The van der Waals surface area contributed by atoms with Crippen LogP contribution < -0.4 is 4.74 Å². The molecule has 0 amide bonds. The third kappa shape index (κ3) is 3.32. The first-order chi connectivity index (χ1) is 5.47. The molecule has 0 unspecified atom stereocenters. The number of rotatable bonds is 2. The van der Waals surface area contributed by atoms with Gasteiger partial charge in [-0.25, -0.2) is 4.98 Å². The predicted octanol–water partition coefficient (Wildman–Crippen LogP) is 3.01. The van der Waals surface area contributed by atoms with E-state index in [1.807, 2.05) is 0 Å². The molecular formula is C6H3BrClF2NO. The van der Waals surface area contributed by atoms with Crippen molar-refractivity contribution < 1.29 is 13.5 Å². The first kappa shape index (κ1) is 9.67. The van der Waals surface area contributed by atoms with Gasteiger partial charge in [0, 0.05) is 11.6 Å². The van der Waals surface area contributed by atoms with Crippen molar-refractivity contribution in [2.45, 2.75) is 5.57 Å². The third-order valence-corrected chi connectivity index (χ3v) is 1.48. The summed E-state index contributed by atoms with van der Waals surface area (Å²) >= 11 is 7.55. The van der Waals surface area contributed by atoms with Crippen LogP contribution in [0.25, 0.3) is 0 Å². The lowest BCUT2D eigenvalue weighted by Gasteiger charge is -2.09. The molecule has 1 heterocycles. The van der Waals surface area contributed by atoms with Crippen molar-refractivity contribution in [3.05, 3.63) is 22.9 Å². The molecule has 0 radical (unpaired) electrons. The molecule has 0 aliphatic carbocycles. The summed E-state index contributed by atoms with van der Waals surface area (Å²) in [5, 5.41) is 0. The van der Waals surface area contributed by atoms with E-state index in [2.05, 4.69) is 37.3 Å². The Kier molecular flexibility index (Phi) is 2.85. The Balaban J connectivity index is 2.71. The van der Waals surface area contributed by atoms with E-state index < -0.39 is 5.57 Å². The molecule has 0 saturated heterocycles. The van der Waals surface area contributed by atoms with Crippen molar-refractivity contribution in [3.63, 3.8) is 0 Å². The number of aromatic nitrogens is 1. The number of alkyl halides is 3. The van der Waals surface area contributed by atoms with E-state index in [0.29, 0.717) is 4.60 Å². The van der Waals surface area contributed by atoms with Gasteiger partial charge in [-0.3, -0.25) is 0 Å². The molecule has 1 rings (SSSR count). The summed E-state index contributed by atoms with van der Waals surface area (Å²) in [4.78, 5) is 3.66. The molecule has 0 atom stereocenters. The van der Waals surface area contributed by atoms with E-state index >= 15 is 0 Å². The van der Waals surface area contributed by atoms with Gasteiger partial charge < -0.3 is 4.74 Å². The summed E-state index contributed by atoms with van der Waals surface area (Å²) in [5.74, 6) is -0.0850. The van der Waals surface area contributed by atoms with Crippen molar-refractivity contribution in [1.29, 1.82) is 0 Å². The summed E-state index contributed by atoms with van der Waals surface area (Å²) in [7, 11) is 0. The molecule has 0 aliphatic heterocycles. The van der Waals surface area contributed by atoms with Gasteiger partial charge in [0.2, 0.25) is 0 Å². The quantitative estimate of drug-likeness (QED) is 0.601. The first-order valence-corrected chi connectivity index (χ1v) is 4.02. The van der Waals surface area contributed by atoms with Gasteiger partial charge in [-0.1, -0.05) is 0 Å². The highest BCUT2D eigenvalue weighted by atomic mass is 79.9. The summed E-state index contributed by atoms with van der Waals surface area (Å²) in [5.41, 5.74) is -3.69. The van der Waals surface area contributed by atoms with E-state index in [9.17, 15) is 8.78 Å². The first-order valence-electron chi connectivity index (χ1n) is 2.85. The number of ether oxygens (including phenoxy) is 1. The normalized spacial score (nSPS) is 11.3. The van der Waals surface area contributed by atoms with Crippen LogP contribution in [-0.4, -0.2) is 10.6 Å². The van der Waals surface area contributed by atoms with E-state index in [4.69, 9.17) is 0 Å². The number of pyridine rings is 1. The minimum Gasteiger partial charge on any atom is -0.418 e. The van der Waals surface area contributed by atoms with Crippen molar-refractivity contribution in [2.24, 2.45) is 0 Å². The number of halogens is 4. The highest BCUT2D eigenvalue weighted by Gasteiger charge is 2.27. The van der Waals surface area contributed by atoms with Crippen LogP contribution in [0.4, 0.5) is 8.78 Å². The molecule has 0 fully saturated rings. The van der Waals surface area contributed by atoms with Crippen LogP contribution in [-0.2, 0) is 0 Å². The second kappa shape index (κ2) is 3.53. The SMILES string of the molecule is FC(F)(Cl)Oc1ccc(Br)nc1. The predicted molar refractivity (Wildman–Crippen MR) is 43.4 cm³/mol. The average Bonchev–Trinajstić information content (AvgIpc) is 1.91. The van der Waals surface area contributed by atoms with Crippen LogP contribution in [0.2, 0.25) is 0 Å². The monoisotopic (exact) mass is 257 g/mol. The standard InChI is InChI=1S/C6H3BrClF2NO/c7-5-2-1-4(3-11-5)12-6(8,9)10/h1-3H. The van der Waals surface area contributed by atoms with Gasteiger partial charge in [0.05, 0.1) is 6.20 Å². The fraction of sp³-hybridized carbons (Fsp3) is 0.167.